The standard InChI is InChI=1S/C12H13N3O4/c13-8-9-4-3-5-10(12(9)15(18)19)14-7-2-1-6-11(16)17/h3-5,14H,1-2,6-7H2,(H,16,17). The molecule has 1 aromatic rings. The fourth-order valence-corrected chi connectivity index (χ4v) is 1.60. The highest BCUT2D eigenvalue weighted by molar-refractivity contribution is 5.68. The number of aliphatic carboxylic acids is 1. The van der Waals surface area contributed by atoms with Gasteiger partial charge in [-0.2, -0.15) is 5.26 Å². The molecular formula is C12H13N3O4. The zero-order chi connectivity index (χ0) is 14.3. The summed E-state index contributed by atoms with van der Waals surface area (Å²) in [5, 5.41) is 31.1. The molecule has 0 radical (unpaired) electrons. The van der Waals surface area contributed by atoms with E-state index in [2.05, 4.69) is 5.32 Å². The predicted molar refractivity (Wildman–Crippen MR) is 67.8 cm³/mol. The van der Waals surface area contributed by atoms with E-state index in [1.165, 1.54) is 12.1 Å². The van der Waals surface area contributed by atoms with Gasteiger partial charge in [0.2, 0.25) is 0 Å². The zero-order valence-electron chi connectivity index (χ0n) is 10.1. The number of unbranched alkanes of at least 4 members (excludes halogenated alkanes) is 1. The van der Waals surface area contributed by atoms with E-state index in [1.807, 2.05) is 0 Å². The Bertz CT molecular complexity index is 522. The van der Waals surface area contributed by atoms with Crippen LogP contribution in [-0.2, 0) is 4.79 Å². The molecule has 7 nitrogen and oxygen atoms in total. The van der Waals surface area contributed by atoms with Gasteiger partial charge in [-0.25, -0.2) is 0 Å². The molecule has 0 aliphatic carbocycles. The van der Waals surface area contributed by atoms with Crippen LogP contribution in [0.15, 0.2) is 18.2 Å². The number of nitrogens with zero attached hydrogens (tertiary/aromatic N) is 2. The molecule has 19 heavy (non-hydrogen) atoms. The molecule has 1 aromatic carbocycles. The Morgan fingerprint density at radius 1 is 1.47 bits per heavy atom. The number of rotatable bonds is 7. The quantitative estimate of drug-likeness (QED) is 0.442. The van der Waals surface area contributed by atoms with Gasteiger partial charge in [0.15, 0.2) is 0 Å². The molecule has 0 saturated heterocycles. The average Bonchev–Trinajstić information content (AvgIpc) is 2.37. The molecule has 1 rings (SSSR count). The highest BCUT2D eigenvalue weighted by Crippen LogP contribution is 2.27. The number of carboxylic acids is 1. The second-order valence-electron chi connectivity index (χ2n) is 3.85. The summed E-state index contributed by atoms with van der Waals surface area (Å²) in [6, 6.07) is 6.24. The molecule has 0 amide bonds. The monoisotopic (exact) mass is 263 g/mol. The molecule has 0 aliphatic heterocycles. The Morgan fingerprint density at radius 3 is 2.79 bits per heavy atom. The van der Waals surface area contributed by atoms with Crippen LogP contribution in [0.1, 0.15) is 24.8 Å². The maximum atomic E-state index is 10.9. The predicted octanol–water partition coefficient (Wildman–Crippen LogP) is 2.13. The van der Waals surface area contributed by atoms with Gasteiger partial charge in [0.25, 0.3) is 0 Å². The second kappa shape index (κ2) is 6.96. The van der Waals surface area contributed by atoms with Gasteiger partial charge < -0.3 is 10.4 Å². The normalized spacial score (nSPS) is 9.63. The zero-order valence-corrected chi connectivity index (χ0v) is 10.1. The topological polar surface area (TPSA) is 116 Å². The summed E-state index contributed by atoms with van der Waals surface area (Å²) in [5.41, 5.74) is 0.0307. The lowest BCUT2D eigenvalue weighted by Gasteiger charge is -2.07. The van der Waals surface area contributed by atoms with Crippen molar-refractivity contribution in [2.75, 3.05) is 11.9 Å². The fourth-order valence-electron chi connectivity index (χ4n) is 1.60. The molecule has 0 heterocycles. The third-order valence-electron chi connectivity index (χ3n) is 2.47. The van der Waals surface area contributed by atoms with Crippen LogP contribution in [0.5, 0.6) is 0 Å². The van der Waals surface area contributed by atoms with Crippen molar-refractivity contribution in [1.29, 1.82) is 5.26 Å². The van der Waals surface area contributed by atoms with Crippen molar-refractivity contribution in [3.05, 3.63) is 33.9 Å². The van der Waals surface area contributed by atoms with Crippen LogP contribution in [0.3, 0.4) is 0 Å². The lowest BCUT2D eigenvalue weighted by molar-refractivity contribution is -0.384. The number of para-hydroxylation sites is 1. The lowest BCUT2D eigenvalue weighted by Crippen LogP contribution is -2.06. The Morgan fingerprint density at radius 2 is 2.21 bits per heavy atom. The third kappa shape index (κ3) is 4.27. The highest BCUT2D eigenvalue weighted by Gasteiger charge is 2.18. The minimum atomic E-state index is -0.863. The van der Waals surface area contributed by atoms with Crippen LogP contribution in [0, 0.1) is 21.4 Å². The number of carboxylic acid groups (broad SMARTS) is 1. The smallest absolute Gasteiger partial charge is 0.309 e. The van der Waals surface area contributed by atoms with Crippen LogP contribution in [-0.4, -0.2) is 22.5 Å². The van der Waals surface area contributed by atoms with Crippen LogP contribution < -0.4 is 5.32 Å². The molecule has 0 spiro atoms. The van der Waals surface area contributed by atoms with E-state index in [9.17, 15) is 14.9 Å². The van der Waals surface area contributed by atoms with Gasteiger partial charge in [0.1, 0.15) is 17.3 Å². The molecule has 2 N–H and O–H groups in total. The lowest BCUT2D eigenvalue weighted by atomic mass is 10.1. The molecule has 0 atom stereocenters. The van der Waals surface area contributed by atoms with Crippen molar-refractivity contribution in [3.8, 4) is 6.07 Å². The molecule has 7 heteroatoms. The van der Waals surface area contributed by atoms with Crippen molar-refractivity contribution in [1.82, 2.24) is 0 Å². The number of anilines is 1. The van der Waals surface area contributed by atoms with E-state index in [1.54, 1.807) is 12.1 Å². The molecule has 0 bridgehead atoms. The molecule has 0 unspecified atom stereocenters. The van der Waals surface area contributed by atoms with E-state index >= 15 is 0 Å². The van der Waals surface area contributed by atoms with Gasteiger partial charge >= 0.3 is 11.7 Å². The first-order valence-electron chi connectivity index (χ1n) is 5.69. The Balaban J connectivity index is 2.66. The van der Waals surface area contributed by atoms with Crippen molar-refractivity contribution in [2.24, 2.45) is 0 Å². The molecule has 0 aliphatic rings. The molecule has 0 aromatic heterocycles. The van der Waals surface area contributed by atoms with E-state index in [0.29, 0.717) is 19.4 Å². The van der Waals surface area contributed by atoms with Gasteiger partial charge in [-0.1, -0.05) is 6.07 Å². The summed E-state index contributed by atoms with van der Waals surface area (Å²) < 4.78 is 0. The van der Waals surface area contributed by atoms with Gasteiger partial charge in [-0.15, -0.1) is 0 Å². The Kier molecular flexibility index (Phi) is 5.29. The summed E-state index contributed by atoms with van der Waals surface area (Å²) in [6.07, 6.45) is 1.15. The SMILES string of the molecule is N#Cc1cccc(NCCCCC(=O)O)c1[N+](=O)[O-]. The van der Waals surface area contributed by atoms with E-state index in [-0.39, 0.29) is 23.4 Å². The first-order chi connectivity index (χ1) is 9.06. The number of nitro groups is 1. The molecule has 100 valence electrons. The van der Waals surface area contributed by atoms with Crippen LogP contribution in [0.2, 0.25) is 0 Å². The molecule has 0 saturated carbocycles. The summed E-state index contributed by atoms with van der Waals surface area (Å²) in [6.45, 7) is 0.420. The first-order valence-corrected chi connectivity index (χ1v) is 5.69. The van der Waals surface area contributed by atoms with Gasteiger partial charge in [-0.3, -0.25) is 14.9 Å². The maximum Gasteiger partial charge on any atom is 0.309 e. The fraction of sp³-hybridized carbons (Fsp3) is 0.333. The summed E-state index contributed by atoms with van der Waals surface area (Å²) in [4.78, 5) is 20.6. The van der Waals surface area contributed by atoms with Crippen molar-refractivity contribution < 1.29 is 14.8 Å². The minimum absolute atomic E-state index is 0.000496. The number of hydrogen-bond donors (Lipinski definition) is 2. The van der Waals surface area contributed by atoms with Gasteiger partial charge in [0, 0.05) is 13.0 Å². The molecular weight excluding hydrogens is 250 g/mol. The maximum absolute atomic E-state index is 10.9. The summed E-state index contributed by atoms with van der Waals surface area (Å²) >= 11 is 0. The van der Waals surface area contributed by atoms with Crippen LogP contribution >= 0.6 is 0 Å². The van der Waals surface area contributed by atoms with Crippen LogP contribution in [0.4, 0.5) is 11.4 Å². The minimum Gasteiger partial charge on any atom is -0.481 e. The average molecular weight is 263 g/mol. The molecule has 0 fully saturated rings. The van der Waals surface area contributed by atoms with E-state index < -0.39 is 10.9 Å². The van der Waals surface area contributed by atoms with Crippen LogP contribution in [0.25, 0.3) is 0 Å². The number of hydrogen-bond acceptors (Lipinski definition) is 5. The number of carbonyl (C=O) groups is 1. The first kappa shape index (κ1) is 14.4. The third-order valence-corrected chi connectivity index (χ3v) is 2.47. The number of benzene rings is 1. The number of nitro benzene ring substituents is 1. The summed E-state index contributed by atoms with van der Waals surface area (Å²) in [7, 11) is 0. The van der Waals surface area contributed by atoms with E-state index in [4.69, 9.17) is 10.4 Å². The Hall–Kier alpha value is -2.62. The van der Waals surface area contributed by atoms with Crippen molar-refractivity contribution in [2.45, 2.75) is 19.3 Å². The van der Waals surface area contributed by atoms with Gasteiger partial charge in [-0.05, 0) is 25.0 Å². The highest BCUT2D eigenvalue weighted by atomic mass is 16.6. The van der Waals surface area contributed by atoms with Gasteiger partial charge in [0.05, 0.1) is 4.92 Å². The van der Waals surface area contributed by atoms with E-state index in [0.717, 1.165) is 0 Å². The largest absolute Gasteiger partial charge is 0.481 e. The second-order valence-corrected chi connectivity index (χ2v) is 3.85. The number of nitriles is 1. The summed E-state index contributed by atoms with van der Waals surface area (Å²) in [5.74, 6) is -0.863. The van der Waals surface area contributed by atoms with Crippen molar-refractivity contribution in [3.63, 3.8) is 0 Å². The number of nitrogens with one attached hydrogen (secondary N) is 1. The Labute approximate surface area is 109 Å². The van der Waals surface area contributed by atoms with Crippen molar-refractivity contribution >= 4 is 17.3 Å².